The Hall–Kier alpha value is -1.40. The van der Waals surface area contributed by atoms with Crippen LogP contribution < -0.4 is 11.1 Å². The standard InChI is InChI=1S/C13H9BrClF3N2/c14-8-2-4-11(9(15)6-8)20-12-3-1-7(5-10(12)19)13(16,17)18/h1-6,20H,19H2. The molecule has 0 fully saturated rings. The van der Waals surface area contributed by atoms with Gasteiger partial charge in [0.25, 0.3) is 0 Å². The Morgan fingerprint density at radius 2 is 1.70 bits per heavy atom. The fourth-order valence-electron chi connectivity index (χ4n) is 1.59. The predicted molar refractivity (Wildman–Crippen MR) is 78.3 cm³/mol. The Labute approximate surface area is 126 Å². The van der Waals surface area contributed by atoms with Crippen molar-refractivity contribution in [2.75, 3.05) is 11.1 Å². The minimum Gasteiger partial charge on any atom is -0.397 e. The van der Waals surface area contributed by atoms with Gasteiger partial charge in [0.05, 0.1) is 27.6 Å². The molecule has 20 heavy (non-hydrogen) atoms. The van der Waals surface area contributed by atoms with Gasteiger partial charge in [-0.1, -0.05) is 27.5 Å². The van der Waals surface area contributed by atoms with Gasteiger partial charge >= 0.3 is 6.18 Å². The molecule has 3 N–H and O–H groups in total. The van der Waals surface area contributed by atoms with Gasteiger partial charge in [0.15, 0.2) is 0 Å². The first-order valence-electron chi connectivity index (χ1n) is 5.46. The van der Waals surface area contributed by atoms with Gasteiger partial charge in [0, 0.05) is 4.47 Å². The second-order valence-corrected chi connectivity index (χ2v) is 5.37. The Morgan fingerprint density at radius 3 is 2.25 bits per heavy atom. The number of nitrogen functional groups attached to an aromatic ring is 1. The quantitative estimate of drug-likeness (QED) is 0.695. The molecule has 0 unspecified atom stereocenters. The second-order valence-electron chi connectivity index (χ2n) is 4.05. The van der Waals surface area contributed by atoms with Gasteiger partial charge in [-0.25, -0.2) is 0 Å². The van der Waals surface area contributed by atoms with Crippen LogP contribution in [0.15, 0.2) is 40.9 Å². The maximum atomic E-state index is 12.5. The third-order valence-corrected chi connectivity index (χ3v) is 3.39. The lowest BCUT2D eigenvalue weighted by Crippen LogP contribution is -2.06. The molecular formula is C13H9BrClF3N2. The highest BCUT2D eigenvalue weighted by molar-refractivity contribution is 9.10. The average Bonchev–Trinajstić information content (AvgIpc) is 2.33. The predicted octanol–water partition coefficient (Wildman–Crippen LogP) is 5.45. The average molecular weight is 366 g/mol. The summed E-state index contributed by atoms with van der Waals surface area (Å²) >= 11 is 9.29. The minimum absolute atomic E-state index is 0.00110. The number of alkyl halides is 3. The van der Waals surface area contributed by atoms with E-state index in [-0.39, 0.29) is 5.69 Å². The molecule has 0 saturated heterocycles. The third-order valence-electron chi connectivity index (χ3n) is 2.58. The van der Waals surface area contributed by atoms with Crippen molar-refractivity contribution < 1.29 is 13.2 Å². The molecule has 0 aliphatic carbocycles. The van der Waals surface area contributed by atoms with Crippen LogP contribution in [0.1, 0.15) is 5.56 Å². The Kier molecular flexibility index (Phi) is 4.15. The zero-order chi connectivity index (χ0) is 14.9. The second kappa shape index (κ2) is 5.54. The van der Waals surface area contributed by atoms with E-state index in [9.17, 15) is 13.2 Å². The monoisotopic (exact) mass is 364 g/mol. The number of halogens is 5. The smallest absolute Gasteiger partial charge is 0.397 e. The van der Waals surface area contributed by atoms with E-state index in [1.165, 1.54) is 6.07 Å². The first kappa shape index (κ1) is 15.0. The highest BCUT2D eigenvalue weighted by Crippen LogP contribution is 2.35. The van der Waals surface area contributed by atoms with Gasteiger partial charge in [0.2, 0.25) is 0 Å². The largest absolute Gasteiger partial charge is 0.416 e. The summed E-state index contributed by atoms with van der Waals surface area (Å²) in [6.07, 6.45) is -4.41. The van der Waals surface area contributed by atoms with Crippen molar-refractivity contribution in [1.29, 1.82) is 0 Å². The number of benzene rings is 2. The van der Waals surface area contributed by atoms with Crippen molar-refractivity contribution in [3.8, 4) is 0 Å². The Bertz CT molecular complexity index is 644. The molecule has 2 aromatic rings. The van der Waals surface area contributed by atoms with E-state index in [0.717, 1.165) is 16.6 Å². The minimum atomic E-state index is -4.41. The van der Waals surface area contributed by atoms with Crippen LogP contribution in [-0.4, -0.2) is 0 Å². The van der Waals surface area contributed by atoms with Crippen LogP contribution in [0.25, 0.3) is 0 Å². The fourth-order valence-corrected chi connectivity index (χ4v) is 2.31. The lowest BCUT2D eigenvalue weighted by Gasteiger charge is -2.13. The molecule has 0 aliphatic rings. The van der Waals surface area contributed by atoms with E-state index >= 15 is 0 Å². The molecule has 106 valence electrons. The van der Waals surface area contributed by atoms with Crippen LogP contribution in [0, 0.1) is 0 Å². The van der Waals surface area contributed by atoms with Crippen molar-refractivity contribution in [2.24, 2.45) is 0 Å². The van der Waals surface area contributed by atoms with Gasteiger partial charge in [-0.05, 0) is 36.4 Å². The lowest BCUT2D eigenvalue weighted by atomic mass is 10.1. The summed E-state index contributed by atoms with van der Waals surface area (Å²) in [7, 11) is 0. The summed E-state index contributed by atoms with van der Waals surface area (Å²) < 4.78 is 38.4. The number of anilines is 3. The topological polar surface area (TPSA) is 38.0 Å². The zero-order valence-corrected chi connectivity index (χ0v) is 12.3. The van der Waals surface area contributed by atoms with Gasteiger partial charge in [-0.15, -0.1) is 0 Å². The first-order chi connectivity index (χ1) is 9.27. The van der Waals surface area contributed by atoms with E-state index in [0.29, 0.717) is 16.4 Å². The van der Waals surface area contributed by atoms with Gasteiger partial charge in [0.1, 0.15) is 0 Å². The molecular weight excluding hydrogens is 357 g/mol. The maximum Gasteiger partial charge on any atom is 0.416 e. The number of hydrogen-bond donors (Lipinski definition) is 2. The third kappa shape index (κ3) is 3.37. The SMILES string of the molecule is Nc1cc(C(F)(F)F)ccc1Nc1ccc(Br)cc1Cl. The molecule has 7 heteroatoms. The molecule has 0 amide bonds. The Morgan fingerprint density at radius 1 is 1.05 bits per heavy atom. The molecule has 0 bridgehead atoms. The first-order valence-corrected chi connectivity index (χ1v) is 6.63. The Balaban J connectivity index is 2.30. The van der Waals surface area contributed by atoms with Crippen molar-refractivity contribution in [2.45, 2.75) is 6.18 Å². The molecule has 0 aromatic heterocycles. The summed E-state index contributed by atoms with van der Waals surface area (Å²) in [5, 5.41) is 3.33. The molecule has 2 aromatic carbocycles. The van der Waals surface area contributed by atoms with E-state index in [1.54, 1.807) is 18.2 Å². The summed E-state index contributed by atoms with van der Waals surface area (Å²) in [6, 6.07) is 8.25. The van der Waals surface area contributed by atoms with Crippen molar-refractivity contribution in [3.63, 3.8) is 0 Å². The van der Waals surface area contributed by atoms with Crippen LogP contribution in [0.5, 0.6) is 0 Å². The van der Waals surface area contributed by atoms with Crippen LogP contribution >= 0.6 is 27.5 Å². The highest BCUT2D eigenvalue weighted by atomic mass is 79.9. The summed E-state index contributed by atoms with van der Waals surface area (Å²) in [4.78, 5) is 0. The molecule has 0 radical (unpaired) electrons. The van der Waals surface area contributed by atoms with E-state index in [2.05, 4.69) is 21.2 Å². The summed E-state index contributed by atoms with van der Waals surface area (Å²) in [5.41, 5.74) is 5.76. The molecule has 0 heterocycles. The molecule has 0 aliphatic heterocycles. The summed E-state index contributed by atoms with van der Waals surface area (Å²) in [5.74, 6) is 0. The van der Waals surface area contributed by atoms with Crippen molar-refractivity contribution in [1.82, 2.24) is 0 Å². The molecule has 0 saturated carbocycles. The van der Waals surface area contributed by atoms with Crippen LogP contribution in [-0.2, 0) is 6.18 Å². The van der Waals surface area contributed by atoms with Crippen molar-refractivity contribution in [3.05, 3.63) is 51.5 Å². The molecule has 2 nitrogen and oxygen atoms in total. The van der Waals surface area contributed by atoms with Gasteiger partial charge in [-0.2, -0.15) is 13.2 Å². The number of nitrogens with one attached hydrogen (secondary N) is 1. The molecule has 0 spiro atoms. The van der Waals surface area contributed by atoms with Crippen LogP contribution in [0.3, 0.4) is 0 Å². The van der Waals surface area contributed by atoms with Gasteiger partial charge < -0.3 is 11.1 Å². The van der Waals surface area contributed by atoms with E-state index < -0.39 is 11.7 Å². The number of nitrogens with two attached hydrogens (primary N) is 1. The normalized spacial score (nSPS) is 11.4. The van der Waals surface area contributed by atoms with Crippen molar-refractivity contribution >= 4 is 44.6 Å². The van der Waals surface area contributed by atoms with Gasteiger partial charge in [-0.3, -0.25) is 0 Å². The van der Waals surface area contributed by atoms with E-state index in [1.807, 2.05) is 0 Å². The van der Waals surface area contributed by atoms with E-state index in [4.69, 9.17) is 17.3 Å². The zero-order valence-electron chi connectivity index (χ0n) is 9.93. The fraction of sp³-hybridized carbons (Fsp3) is 0.0769. The lowest BCUT2D eigenvalue weighted by molar-refractivity contribution is -0.137. The highest BCUT2D eigenvalue weighted by Gasteiger charge is 2.30. The number of hydrogen-bond acceptors (Lipinski definition) is 2. The van der Waals surface area contributed by atoms with Crippen LogP contribution in [0.4, 0.5) is 30.2 Å². The number of rotatable bonds is 2. The maximum absolute atomic E-state index is 12.5. The molecule has 0 atom stereocenters. The summed E-state index contributed by atoms with van der Waals surface area (Å²) in [6.45, 7) is 0. The van der Waals surface area contributed by atoms with Crippen LogP contribution in [0.2, 0.25) is 5.02 Å². The molecule has 2 rings (SSSR count).